The summed E-state index contributed by atoms with van der Waals surface area (Å²) in [6.45, 7) is 14.3. The minimum absolute atomic E-state index is 0.516. The Morgan fingerprint density at radius 1 is 1.19 bits per heavy atom. The standard InChI is InChI=1S/C11H25NO2Si2/c1-15(2,3)11(10(13)14)8-7-9-12(11)16(4,5)6/h7-9H2,1-6H3,(H,13,14)/t11-/m1/s1. The number of aliphatic carboxylic acids is 1. The SMILES string of the molecule is C[Si](C)(C)N1CCC[C@]1(C(=O)O)[Si](C)(C)C. The first-order chi connectivity index (χ1) is 7.03. The Hall–Kier alpha value is -0.136. The molecule has 5 heteroatoms. The maximum absolute atomic E-state index is 11.8. The summed E-state index contributed by atoms with van der Waals surface area (Å²) in [6.07, 6.45) is 1.89. The molecule has 0 aliphatic carbocycles. The molecule has 0 spiro atoms. The van der Waals surface area contributed by atoms with E-state index in [4.69, 9.17) is 0 Å². The van der Waals surface area contributed by atoms with Gasteiger partial charge in [0.2, 0.25) is 0 Å². The highest BCUT2D eigenvalue weighted by Gasteiger charge is 2.58. The summed E-state index contributed by atoms with van der Waals surface area (Å²) in [4.78, 5) is 11.8. The maximum Gasteiger partial charge on any atom is 0.320 e. The molecule has 1 rings (SSSR count). The van der Waals surface area contributed by atoms with Crippen molar-refractivity contribution in [3.8, 4) is 0 Å². The Balaban J connectivity index is 3.26. The molecule has 1 heterocycles. The largest absolute Gasteiger partial charge is 0.480 e. The number of nitrogens with zero attached hydrogens (tertiary/aromatic N) is 1. The Morgan fingerprint density at radius 2 is 1.69 bits per heavy atom. The molecule has 0 bridgehead atoms. The summed E-state index contributed by atoms with van der Waals surface area (Å²) in [6, 6.07) is 0. The second-order valence-electron chi connectivity index (χ2n) is 6.84. The van der Waals surface area contributed by atoms with E-state index >= 15 is 0 Å². The van der Waals surface area contributed by atoms with Gasteiger partial charge in [0.1, 0.15) is 13.4 Å². The van der Waals surface area contributed by atoms with Crippen LogP contribution in [0.2, 0.25) is 39.3 Å². The summed E-state index contributed by atoms with van der Waals surface area (Å²) >= 11 is 0. The first-order valence-electron chi connectivity index (χ1n) is 6.04. The average Bonchev–Trinajstić information content (AvgIpc) is 2.44. The van der Waals surface area contributed by atoms with Crippen molar-refractivity contribution in [2.24, 2.45) is 0 Å². The molecule has 1 N–H and O–H groups in total. The fourth-order valence-electron chi connectivity index (χ4n) is 3.05. The second-order valence-corrected chi connectivity index (χ2v) is 17.1. The Labute approximate surface area is 101 Å². The van der Waals surface area contributed by atoms with Gasteiger partial charge < -0.3 is 9.67 Å². The first-order valence-corrected chi connectivity index (χ1v) is 13.0. The number of hydrogen-bond donors (Lipinski definition) is 1. The molecule has 1 aliphatic heterocycles. The van der Waals surface area contributed by atoms with E-state index in [9.17, 15) is 9.90 Å². The van der Waals surface area contributed by atoms with E-state index in [1.165, 1.54) is 0 Å². The zero-order valence-corrected chi connectivity index (χ0v) is 13.4. The highest BCUT2D eigenvalue weighted by molar-refractivity contribution is 6.85. The third-order valence-electron chi connectivity index (χ3n) is 3.79. The van der Waals surface area contributed by atoms with Crippen LogP contribution in [0.15, 0.2) is 0 Å². The molecule has 1 atom stereocenters. The average molecular weight is 259 g/mol. The van der Waals surface area contributed by atoms with E-state index in [0.29, 0.717) is 0 Å². The van der Waals surface area contributed by atoms with Crippen LogP contribution < -0.4 is 0 Å². The molecule has 0 unspecified atom stereocenters. The molecular formula is C11H25NO2Si2. The molecule has 0 radical (unpaired) electrons. The van der Waals surface area contributed by atoms with Gasteiger partial charge in [0.05, 0.1) is 8.07 Å². The quantitative estimate of drug-likeness (QED) is 0.792. The molecule has 1 fully saturated rings. The van der Waals surface area contributed by atoms with Crippen LogP contribution in [0.5, 0.6) is 0 Å². The normalized spacial score (nSPS) is 28.4. The molecule has 1 saturated heterocycles. The molecular weight excluding hydrogens is 234 g/mol. The number of carbonyl (C=O) groups is 1. The Bertz CT molecular complexity index is 293. The molecule has 94 valence electrons. The molecule has 0 aromatic rings. The minimum Gasteiger partial charge on any atom is -0.480 e. The molecule has 0 aromatic carbocycles. The summed E-state index contributed by atoms with van der Waals surface area (Å²) in [5, 5.41) is 9.23. The van der Waals surface area contributed by atoms with E-state index in [1.807, 2.05) is 0 Å². The summed E-state index contributed by atoms with van der Waals surface area (Å²) in [7, 11) is -3.29. The van der Waals surface area contributed by atoms with Crippen LogP contribution in [-0.4, -0.2) is 43.7 Å². The molecule has 0 amide bonds. The van der Waals surface area contributed by atoms with Crippen molar-refractivity contribution < 1.29 is 9.90 Å². The third kappa shape index (κ3) is 2.00. The first kappa shape index (κ1) is 13.9. The van der Waals surface area contributed by atoms with Crippen molar-refractivity contribution in [1.29, 1.82) is 0 Å². The lowest BCUT2D eigenvalue weighted by Gasteiger charge is -2.49. The molecule has 1 aliphatic rings. The lowest BCUT2D eigenvalue weighted by Crippen LogP contribution is -2.70. The molecule has 3 nitrogen and oxygen atoms in total. The van der Waals surface area contributed by atoms with Gasteiger partial charge in [-0.25, -0.2) is 0 Å². The zero-order chi connectivity index (χ0) is 12.8. The molecule has 0 aromatic heterocycles. The van der Waals surface area contributed by atoms with E-state index in [0.717, 1.165) is 19.4 Å². The van der Waals surface area contributed by atoms with E-state index in [-0.39, 0.29) is 0 Å². The molecule has 0 saturated carbocycles. The van der Waals surface area contributed by atoms with E-state index in [1.54, 1.807) is 0 Å². The van der Waals surface area contributed by atoms with Gasteiger partial charge in [-0.1, -0.05) is 39.3 Å². The monoisotopic (exact) mass is 259 g/mol. The smallest absolute Gasteiger partial charge is 0.320 e. The van der Waals surface area contributed by atoms with Gasteiger partial charge in [-0.2, -0.15) is 0 Å². The van der Waals surface area contributed by atoms with Gasteiger partial charge >= 0.3 is 5.97 Å². The maximum atomic E-state index is 11.8. The summed E-state index contributed by atoms with van der Waals surface area (Å²) < 4.78 is 2.37. The summed E-state index contributed by atoms with van der Waals surface area (Å²) in [5.74, 6) is -0.577. The van der Waals surface area contributed by atoms with Crippen LogP contribution in [0, 0.1) is 0 Å². The van der Waals surface area contributed by atoms with Crippen molar-refractivity contribution in [2.45, 2.75) is 57.3 Å². The van der Waals surface area contributed by atoms with Crippen molar-refractivity contribution >= 4 is 22.3 Å². The molecule has 16 heavy (non-hydrogen) atoms. The highest BCUT2D eigenvalue weighted by Crippen LogP contribution is 2.40. The van der Waals surface area contributed by atoms with Gasteiger partial charge in [0.25, 0.3) is 0 Å². The van der Waals surface area contributed by atoms with Crippen molar-refractivity contribution in [2.75, 3.05) is 6.54 Å². The van der Waals surface area contributed by atoms with Gasteiger partial charge in [0, 0.05) is 0 Å². The minimum atomic E-state index is -1.75. The topological polar surface area (TPSA) is 40.5 Å². The van der Waals surface area contributed by atoms with Crippen LogP contribution in [0.1, 0.15) is 12.8 Å². The number of carboxylic acids is 1. The highest BCUT2D eigenvalue weighted by atomic mass is 28.3. The number of carboxylic acid groups (broad SMARTS) is 1. The number of hydrogen-bond acceptors (Lipinski definition) is 2. The van der Waals surface area contributed by atoms with E-state index in [2.05, 4.69) is 43.8 Å². The van der Waals surface area contributed by atoms with Crippen molar-refractivity contribution in [3.63, 3.8) is 0 Å². The predicted octanol–water partition coefficient (Wildman–Crippen LogP) is 2.62. The van der Waals surface area contributed by atoms with Crippen LogP contribution in [0.25, 0.3) is 0 Å². The van der Waals surface area contributed by atoms with Gasteiger partial charge in [-0.3, -0.25) is 4.79 Å². The zero-order valence-electron chi connectivity index (χ0n) is 11.4. The fourth-order valence-corrected chi connectivity index (χ4v) is 9.73. The van der Waals surface area contributed by atoms with E-state index < -0.39 is 27.4 Å². The lowest BCUT2D eigenvalue weighted by molar-refractivity contribution is -0.143. The second kappa shape index (κ2) is 3.96. The van der Waals surface area contributed by atoms with Crippen LogP contribution >= 0.6 is 0 Å². The van der Waals surface area contributed by atoms with Crippen LogP contribution in [-0.2, 0) is 4.79 Å². The lowest BCUT2D eigenvalue weighted by atomic mass is 10.2. The summed E-state index contributed by atoms with van der Waals surface area (Å²) in [5.41, 5.74) is 0. The van der Waals surface area contributed by atoms with Crippen LogP contribution in [0.3, 0.4) is 0 Å². The Kier molecular flexibility index (Phi) is 3.45. The van der Waals surface area contributed by atoms with Crippen molar-refractivity contribution in [3.05, 3.63) is 0 Å². The van der Waals surface area contributed by atoms with Gasteiger partial charge in [0.15, 0.2) is 0 Å². The Morgan fingerprint density at radius 3 is 1.94 bits per heavy atom. The van der Waals surface area contributed by atoms with Gasteiger partial charge in [-0.15, -0.1) is 0 Å². The predicted molar refractivity (Wildman–Crippen MR) is 73.0 cm³/mol. The number of rotatable bonds is 3. The third-order valence-corrected chi connectivity index (χ3v) is 9.45. The van der Waals surface area contributed by atoms with Crippen LogP contribution in [0.4, 0.5) is 0 Å². The fraction of sp³-hybridized carbons (Fsp3) is 0.909. The van der Waals surface area contributed by atoms with Gasteiger partial charge in [-0.05, 0) is 19.4 Å². The van der Waals surface area contributed by atoms with Crippen molar-refractivity contribution in [1.82, 2.24) is 4.57 Å².